The normalized spacial score (nSPS) is 12.8. The quantitative estimate of drug-likeness (QED) is 0.248. The van der Waals surface area contributed by atoms with Gasteiger partial charge in [-0.25, -0.2) is 19.2 Å². The third kappa shape index (κ3) is 7.01. The van der Waals surface area contributed by atoms with E-state index in [4.69, 9.17) is 9.94 Å². The number of benzene rings is 2. The number of hydrogen-bond acceptors (Lipinski definition) is 5. The van der Waals surface area contributed by atoms with E-state index in [0.29, 0.717) is 5.56 Å². The number of ether oxygens (including phenoxy) is 1. The Morgan fingerprint density at radius 1 is 1.08 bits per heavy atom. The molecule has 2 unspecified atom stereocenters. The van der Waals surface area contributed by atoms with Crippen molar-refractivity contribution in [1.29, 1.82) is 0 Å². The van der Waals surface area contributed by atoms with Crippen molar-refractivity contribution in [2.75, 3.05) is 7.11 Å². The molecule has 0 aliphatic carbocycles. The van der Waals surface area contributed by atoms with Gasteiger partial charge >= 0.3 is 0 Å². The Labute approximate surface area is 212 Å². The number of alkyl halides is 2. The summed E-state index contributed by atoms with van der Waals surface area (Å²) < 4.78 is 33.8. The van der Waals surface area contributed by atoms with Crippen LogP contribution in [0.1, 0.15) is 34.0 Å². The molecular weight excluding hydrogens is 482 g/mol. The van der Waals surface area contributed by atoms with Gasteiger partial charge in [-0.15, -0.1) is 0 Å². The first kappa shape index (κ1) is 27.1. The fourth-order valence-electron chi connectivity index (χ4n) is 3.28. The maximum absolute atomic E-state index is 13.5. The molecule has 1 aromatic heterocycles. The molecule has 0 radical (unpaired) electrons. The molecule has 3 aromatic rings. The number of methoxy groups -OCH3 is 1. The predicted octanol–water partition coefficient (Wildman–Crippen LogP) is 2.61. The lowest BCUT2D eigenvalue weighted by Gasteiger charge is -2.34. The van der Waals surface area contributed by atoms with Crippen LogP contribution in [0.15, 0.2) is 67.3 Å². The highest BCUT2D eigenvalue weighted by molar-refractivity contribution is 5.97. The maximum Gasteiger partial charge on any atom is 0.269 e. The van der Waals surface area contributed by atoms with Gasteiger partial charge in [-0.3, -0.25) is 14.8 Å². The Morgan fingerprint density at radius 3 is 2.16 bits per heavy atom. The van der Waals surface area contributed by atoms with Crippen molar-refractivity contribution in [3.63, 3.8) is 0 Å². The second-order valence-corrected chi connectivity index (χ2v) is 8.08. The molecule has 190 valence electrons. The molecule has 2 atom stereocenters. The van der Waals surface area contributed by atoms with Crippen molar-refractivity contribution in [3.8, 4) is 23.7 Å². The lowest BCUT2D eigenvalue weighted by Crippen LogP contribution is -2.62. The second-order valence-electron chi connectivity index (χ2n) is 8.08. The standard InChI is InChI=1S/C27H24F2N4O4/c1-27(37-2,26(28)29)23(25(35)32-36)31-24(34)22-13-11-20(12-14-22)6-4-3-5-19-7-9-21(10-8-19)17-33-16-15-30-18-33/h7-16,18,23,26,36H,17H2,1-2H3,(H,31,34)(H,32,35). The zero-order valence-electron chi connectivity index (χ0n) is 20.0. The topological polar surface area (TPSA) is 105 Å². The van der Waals surface area contributed by atoms with Gasteiger partial charge in [0.2, 0.25) is 0 Å². The molecule has 0 spiro atoms. The van der Waals surface area contributed by atoms with E-state index in [9.17, 15) is 18.4 Å². The Hall–Kier alpha value is -4.51. The van der Waals surface area contributed by atoms with Gasteiger partial charge in [-0.05, 0) is 60.7 Å². The Bertz CT molecular complexity index is 1340. The Kier molecular flexibility index (Phi) is 9.11. The number of imidazole rings is 1. The molecule has 3 rings (SSSR count). The highest BCUT2D eigenvalue weighted by atomic mass is 19.3. The molecule has 8 nitrogen and oxygen atoms in total. The van der Waals surface area contributed by atoms with E-state index < -0.39 is 29.9 Å². The number of carbonyl (C=O) groups excluding carboxylic acids is 2. The van der Waals surface area contributed by atoms with E-state index in [1.165, 1.54) is 17.6 Å². The molecule has 0 aliphatic heterocycles. The summed E-state index contributed by atoms with van der Waals surface area (Å²) in [5.41, 5.74) is 1.49. The summed E-state index contributed by atoms with van der Waals surface area (Å²) in [6, 6.07) is 11.9. The molecule has 10 heteroatoms. The van der Waals surface area contributed by atoms with E-state index in [1.807, 2.05) is 35.0 Å². The minimum Gasteiger partial charge on any atom is -0.370 e. The maximum atomic E-state index is 13.5. The summed E-state index contributed by atoms with van der Waals surface area (Å²) in [6.07, 6.45) is 2.24. The van der Waals surface area contributed by atoms with Crippen LogP contribution in [0.3, 0.4) is 0 Å². The summed E-state index contributed by atoms with van der Waals surface area (Å²) in [6.45, 7) is 1.67. The van der Waals surface area contributed by atoms with Gasteiger partial charge in [0, 0.05) is 42.7 Å². The first-order chi connectivity index (χ1) is 17.8. The molecule has 2 aromatic carbocycles. The zero-order valence-corrected chi connectivity index (χ0v) is 20.0. The highest BCUT2D eigenvalue weighted by Crippen LogP contribution is 2.24. The summed E-state index contributed by atoms with van der Waals surface area (Å²) in [4.78, 5) is 28.5. The summed E-state index contributed by atoms with van der Waals surface area (Å²) in [7, 11) is 0.977. The Balaban J connectivity index is 1.63. The summed E-state index contributed by atoms with van der Waals surface area (Å²) in [5, 5.41) is 11.1. The van der Waals surface area contributed by atoms with Gasteiger partial charge in [-0.1, -0.05) is 24.0 Å². The number of nitrogens with zero attached hydrogens (tertiary/aromatic N) is 2. The minimum atomic E-state index is -3.13. The van der Waals surface area contributed by atoms with Crippen LogP contribution in [0, 0.1) is 23.7 Å². The molecule has 0 bridgehead atoms. The van der Waals surface area contributed by atoms with Gasteiger partial charge in [-0.2, -0.15) is 0 Å². The molecule has 0 saturated carbocycles. The van der Waals surface area contributed by atoms with E-state index >= 15 is 0 Å². The van der Waals surface area contributed by atoms with Crippen LogP contribution >= 0.6 is 0 Å². The highest BCUT2D eigenvalue weighted by Gasteiger charge is 2.48. The van der Waals surface area contributed by atoms with E-state index in [0.717, 1.165) is 31.7 Å². The molecule has 0 aliphatic rings. The van der Waals surface area contributed by atoms with Crippen molar-refractivity contribution in [1.82, 2.24) is 20.3 Å². The number of amides is 2. The molecular formula is C27H24F2N4O4. The smallest absolute Gasteiger partial charge is 0.269 e. The van der Waals surface area contributed by atoms with Gasteiger partial charge < -0.3 is 14.6 Å². The average molecular weight is 507 g/mol. The van der Waals surface area contributed by atoms with Crippen molar-refractivity contribution < 1.29 is 28.3 Å². The predicted molar refractivity (Wildman–Crippen MR) is 131 cm³/mol. The largest absolute Gasteiger partial charge is 0.370 e. The fraction of sp³-hybridized carbons (Fsp3) is 0.222. The van der Waals surface area contributed by atoms with Crippen LogP contribution in [0.2, 0.25) is 0 Å². The van der Waals surface area contributed by atoms with Crippen LogP contribution in [-0.2, 0) is 16.1 Å². The summed E-state index contributed by atoms with van der Waals surface area (Å²) >= 11 is 0. The Morgan fingerprint density at radius 2 is 1.68 bits per heavy atom. The van der Waals surface area contributed by atoms with Crippen LogP contribution < -0.4 is 10.8 Å². The molecule has 37 heavy (non-hydrogen) atoms. The van der Waals surface area contributed by atoms with Gasteiger partial charge in [0.05, 0.1) is 6.33 Å². The molecule has 0 saturated heterocycles. The number of carbonyl (C=O) groups is 2. The van der Waals surface area contributed by atoms with Gasteiger partial charge in [0.15, 0.2) is 5.60 Å². The number of halogens is 2. The first-order valence-corrected chi connectivity index (χ1v) is 11.0. The molecule has 2 amide bonds. The van der Waals surface area contributed by atoms with Crippen LogP contribution in [-0.4, -0.2) is 51.8 Å². The third-order valence-corrected chi connectivity index (χ3v) is 5.60. The number of aromatic nitrogens is 2. The lowest BCUT2D eigenvalue weighted by molar-refractivity contribution is -0.157. The average Bonchev–Trinajstić information content (AvgIpc) is 3.43. The van der Waals surface area contributed by atoms with Crippen LogP contribution in [0.5, 0.6) is 0 Å². The lowest BCUT2D eigenvalue weighted by atomic mass is 9.95. The second kappa shape index (κ2) is 12.5. The van der Waals surface area contributed by atoms with Crippen molar-refractivity contribution in [2.24, 2.45) is 0 Å². The van der Waals surface area contributed by atoms with Gasteiger partial charge in [0.1, 0.15) is 6.04 Å². The van der Waals surface area contributed by atoms with Gasteiger partial charge in [0.25, 0.3) is 18.2 Å². The zero-order chi connectivity index (χ0) is 26.8. The minimum absolute atomic E-state index is 0.0934. The van der Waals surface area contributed by atoms with Crippen molar-refractivity contribution in [2.45, 2.75) is 31.5 Å². The number of hydroxylamine groups is 1. The first-order valence-electron chi connectivity index (χ1n) is 11.0. The van der Waals surface area contributed by atoms with Crippen molar-refractivity contribution in [3.05, 3.63) is 89.5 Å². The SMILES string of the molecule is COC(C)(C(F)F)C(NC(=O)c1ccc(C#CC#Cc2ccc(Cn3ccnc3)cc2)cc1)C(=O)NO. The monoisotopic (exact) mass is 506 g/mol. The summed E-state index contributed by atoms with van der Waals surface area (Å²) in [5.74, 6) is 9.27. The number of nitrogens with one attached hydrogen (secondary N) is 2. The van der Waals surface area contributed by atoms with E-state index in [-0.39, 0.29) is 5.56 Å². The molecule has 1 heterocycles. The molecule has 0 fully saturated rings. The number of rotatable bonds is 8. The van der Waals surface area contributed by atoms with Crippen LogP contribution in [0.4, 0.5) is 8.78 Å². The molecule has 3 N–H and O–H groups in total. The van der Waals surface area contributed by atoms with E-state index in [2.05, 4.69) is 34.0 Å². The fourth-order valence-corrected chi connectivity index (χ4v) is 3.28. The van der Waals surface area contributed by atoms with E-state index in [1.54, 1.807) is 24.7 Å². The van der Waals surface area contributed by atoms with Crippen LogP contribution in [0.25, 0.3) is 0 Å². The van der Waals surface area contributed by atoms with Crippen molar-refractivity contribution >= 4 is 11.8 Å². The third-order valence-electron chi connectivity index (χ3n) is 5.60. The number of hydrogen-bond donors (Lipinski definition) is 3.